The average molecular weight is 292 g/mol. The van der Waals surface area contributed by atoms with Crippen LogP contribution < -0.4 is 10.1 Å². The fourth-order valence-electron chi connectivity index (χ4n) is 1.72. The van der Waals surface area contributed by atoms with E-state index in [0.717, 1.165) is 23.0 Å². The number of aromatic nitrogens is 2. The van der Waals surface area contributed by atoms with Gasteiger partial charge in [-0.05, 0) is 30.7 Å². The van der Waals surface area contributed by atoms with E-state index in [4.69, 9.17) is 16.3 Å². The molecule has 1 N–H and O–H groups in total. The summed E-state index contributed by atoms with van der Waals surface area (Å²) >= 11 is 5.94. The van der Waals surface area contributed by atoms with Crippen LogP contribution in [0.4, 0.5) is 5.82 Å². The first-order valence-electron chi connectivity index (χ1n) is 6.50. The van der Waals surface area contributed by atoms with Gasteiger partial charge in [0.1, 0.15) is 17.4 Å². The quantitative estimate of drug-likeness (QED) is 0.907. The molecule has 0 fully saturated rings. The summed E-state index contributed by atoms with van der Waals surface area (Å²) in [7, 11) is 1.82. The van der Waals surface area contributed by atoms with Gasteiger partial charge in [0.2, 0.25) is 5.88 Å². The van der Waals surface area contributed by atoms with Gasteiger partial charge in [-0.2, -0.15) is 4.98 Å². The Morgan fingerprint density at radius 3 is 2.55 bits per heavy atom. The van der Waals surface area contributed by atoms with Crippen molar-refractivity contribution < 1.29 is 4.74 Å². The Morgan fingerprint density at radius 2 is 1.95 bits per heavy atom. The second kappa shape index (κ2) is 6.09. The minimum Gasteiger partial charge on any atom is -0.439 e. The molecule has 1 aromatic carbocycles. The Hall–Kier alpha value is -1.81. The Kier molecular flexibility index (Phi) is 4.45. The minimum absolute atomic E-state index is 0.233. The lowest BCUT2D eigenvalue weighted by Crippen LogP contribution is -2.03. The second-order valence-corrected chi connectivity index (χ2v) is 5.30. The monoisotopic (exact) mass is 291 g/mol. The van der Waals surface area contributed by atoms with Crippen molar-refractivity contribution in [3.8, 4) is 11.6 Å². The molecule has 0 aliphatic rings. The Balaban J connectivity index is 2.34. The van der Waals surface area contributed by atoms with Crippen molar-refractivity contribution in [3.63, 3.8) is 0 Å². The van der Waals surface area contributed by atoms with Crippen LogP contribution in [-0.4, -0.2) is 17.0 Å². The Labute approximate surface area is 124 Å². The van der Waals surface area contributed by atoms with Crippen LogP contribution in [0.25, 0.3) is 0 Å². The van der Waals surface area contributed by atoms with Crippen LogP contribution in [0.1, 0.15) is 31.2 Å². The fraction of sp³-hybridized carbons (Fsp3) is 0.333. The number of ether oxygens (including phenoxy) is 1. The van der Waals surface area contributed by atoms with Gasteiger partial charge in [0.25, 0.3) is 0 Å². The molecule has 1 aromatic heterocycles. The molecule has 0 bridgehead atoms. The number of nitrogens with one attached hydrogen (secondary N) is 1. The van der Waals surface area contributed by atoms with Crippen molar-refractivity contribution in [2.45, 2.75) is 26.7 Å². The second-order valence-electron chi connectivity index (χ2n) is 4.87. The third-order valence-corrected chi connectivity index (χ3v) is 3.08. The molecule has 5 heteroatoms. The maximum Gasteiger partial charge on any atom is 0.224 e. The molecular formula is C15H18ClN3O. The zero-order chi connectivity index (χ0) is 14.7. The van der Waals surface area contributed by atoms with Gasteiger partial charge < -0.3 is 10.1 Å². The largest absolute Gasteiger partial charge is 0.439 e. The number of hydrogen-bond donors (Lipinski definition) is 1. The first kappa shape index (κ1) is 14.6. The molecule has 20 heavy (non-hydrogen) atoms. The topological polar surface area (TPSA) is 47.0 Å². The molecule has 0 unspecified atom stereocenters. The molecule has 0 aliphatic carbocycles. The third kappa shape index (κ3) is 3.39. The van der Waals surface area contributed by atoms with E-state index < -0.39 is 0 Å². The van der Waals surface area contributed by atoms with Crippen LogP contribution in [0.3, 0.4) is 0 Å². The summed E-state index contributed by atoms with van der Waals surface area (Å²) in [5, 5.41) is 3.71. The third-order valence-electron chi connectivity index (χ3n) is 2.84. The summed E-state index contributed by atoms with van der Waals surface area (Å²) in [6.07, 6.45) is 0. The van der Waals surface area contributed by atoms with Gasteiger partial charge >= 0.3 is 0 Å². The van der Waals surface area contributed by atoms with Gasteiger partial charge in [0.15, 0.2) is 0 Å². The lowest BCUT2D eigenvalue weighted by molar-refractivity contribution is 0.454. The van der Waals surface area contributed by atoms with Gasteiger partial charge in [0.05, 0.1) is 0 Å². The van der Waals surface area contributed by atoms with Gasteiger partial charge in [-0.3, -0.25) is 0 Å². The fourth-order valence-corrected chi connectivity index (χ4v) is 1.95. The number of rotatable bonds is 4. The summed E-state index contributed by atoms with van der Waals surface area (Å²) in [6, 6.07) is 7.28. The standard InChI is InChI=1S/C15H18ClN3O/c1-9(2)15-18-13(17-4)8-14(19-15)20-12-6-5-11(16)7-10(12)3/h5-9H,1-4H3,(H,17,18,19). The molecule has 0 radical (unpaired) electrons. The maximum absolute atomic E-state index is 5.94. The van der Waals surface area contributed by atoms with Crippen LogP contribution >= 0.6 is 11.6 Å². The first-order chi connectivity index (χ1) is 9.49. The molecule has 106 valence electrons. The molecular weight excluding hydrogens is 274 g/mol. The summed E-state index contributed by atoms with van der Waals surface area (Å²) in [4.78, 5) is 8.84. The number of anilines is 1. The van der Waals surface area contributed by atoms with E-state index >= 15 is 0 Å². The van der Waals surface area contributed by atoms with Gasteiger partial charge in [-0.15, -0.1) is 0 Å². The highest BCUT2D eigenvalue weighted by Gasteiger charge is 2.10. The molecule has 0 saturated heterocycles. The first-order valence-corrected chi connectivity index (χ1v) is 6.88. The van der Waals surface area contributed by atoms with E-state index in [1.165, 1.54) is 0 Å². The van der Waals surface area contributed by atoms with E-state index in [2.05, 4.69) is 15.3 Å². The molecule has 1 heterocycles. The summed E-state index contributed by atoms with van der Waals surface area (Å²) < 4.78 is 5.85. The van der Waals surface area contributed by atoms with Crippen molar-refractivity contribution in [3.05, 3.63) is 40.7 Å². The number of nitrogens with zero attached hydrogens (tertiary/aromatic N) is 2. The highest BCUT2D eigenvalue weighted by atomic mass is 35.5. The van der Waals surface area contributed by atoms with E-state index in [-0.39, 0.29) is 5.92 Å². The summed E-state index contributed by atoms with van der Waals surface area (Å²) in [6.45, 7) is 6.04. The number of hydrogen-bond acceptors (Lipinski definition) is 4. The average Bonchev–Trinajstić information content (AvgIpc) is 2.41. The zero-order valence-electron chi connectivity index (χ0n) is 12.1. The van der Waals surface area contributed by atoms with E-state index in [0.29, 0.717) is 10.9 Å². The van der Waals surface area contributed by atoms with Gasteiger partial charge in [-0.25, -0.2) is 4.98 Å². The predicted molar refractivity (Wildman–Crippen MR) is 81.9 cm³/mol. The van der Waals surface area contributed by atoms with E-state index in [9.17, 15) is 0 Å². The van der Waals surface area contributed by atoms with E-state index in [1.54, 1.807) is 12.1 Å². The molecule has 2 rings (SSSR count). The molecule has 0 atom stereocenters. The van der Waals surface area contributed by atoms with Crippen LogP contribution in [0.2, 0.25) is 5.02 Å². The number of benzene rings is 1. The van der Waals surface area contributed by atoms with Crippen molar-refractivity contribution in [2.75, 3.05) is 12.4 Å². The summed E-state index contributed by atoms with van der Waals surface area (Å²) in [5.74, 6) is 2.99. The Morgan fingerprint density at radius 1 is 1.20 bits per heavy atom. The smallest absolute Gasteiger partial charge is 0.224 e. The van der Waals surface area contributed by atoms with Gasteiger partial charge in [-0.1, -0.05) is 25.4 Å². The highest BCUT2D eigenvalue weighted by molar-refractivity contribution is 6.30. The number of aryl methyl sites for hydroxylation is 1. The highest BCUT2D eigenvalue weighted by Crippen LogP contribution is 2.28. The van der Waals surface area contributed by atoms with Crippen LogP contribution in [0.5, 0.6) is 11.6 Å². The van der Waals surface area contributed by atoms with Crippen molar-refractivity contribution >= 4 is 17.4 Å². The molecule has 4 nitrogen and oxygen atoms in total. The normalized spacial score (nSPS) is 10.7. The lowest BCUT2D eigenvalue weighted by Gasteiger charge is -2.12. The van der Waals surface area contributed by atoms with Gasteiger partial charge in [0, 0.05) is 24.1 Å². The minimum atomic E-state index is 0.233. The maximum atomic E-state index is 5.94. The van der Waals surface area contributed by atoms with Crippen LogP contribution in [0.15, 0.2) is 24.3 Å². The lowest BCUT2D eigenvalue weighted by atomic mass is 10.2. The van der Waals surface area contributed by atoms with E-state index in [1.807, 2.05) is 40.0 Å². The Bertz CT molecular complexity index is 614. The zero-order valence-corrected chi connectivity index (χ0v) is 12.8. The molecule has 0 amide bonds. The number of halogens is 1. The summed E-state index contributed by atoms with van der Waals surface area (Å²) in [5.41, 5.74) is 0.966. The van der Waals surface area contributed by atoms with Crippen molar-refractivity contribution in [1.29, 1.82) is 0 Å². The molecule has 2 aromatic rings. The molecule has 0 saturated carbocycles. The van der Waals surface area contributed by atoms with Crippen molar-refractivity contribution in [1.82, 2.24) is 9.97 Å². The molecule has 0 aliphatic heterocycles. The SMILES string of the molecule is CNc1cc(Oc2ccc(Cl)cc2C)nc(C(C)C)n1. The molecule has 0 spiro atoms. The predicted octanol–water partition coefficient (Wildman–Crippen LogP) is 4.40. The van der Waals surface area contributed by atoms with Crippen LogP contribution in [0, 0.1) is 6.92 Å². The van der Waals surface area contributed by atoms with Crippen LogP contribution in [-0.2, 0) is 0 Å². The van der Waals surface area contributed by atoms with Crippen molar-refractivity contribution in [2.24, 2.45) is 0 Å².